The number of carboxylic acids is 1. The number of nitrogens with zero attached hydrogens (tertiary/aromatic N) is 2. The predicted octanol–water partition coefficient (Wildman–Crippen LogP) is 2.19. The molecule has 1 fully saturated rings. The van der Waals surface area contributed by atoms with E-state index in [0.717, 1.165) is 12.0 Å². The van der Waals surface area contributed by atoms with Crippen molar-refractivity contribution in [2.75, 3.05) is 19.6 Å². The molecule has 6 heteroatoms. The van der Waals surface area contributed by atoms with Crippen LogP contribution < -0.4 is 0 Å². The Bertz CT molecular complexity index is 533. The van der Waals surface area contributed by atoms with E-state index in [1.165, 1.54) is 0 Å². The number of hydrogen-bond donors (Lipinski definition) is 1. The third-order valence-electron chi connectivity index (χ3n) is 4.08. The summed E-state index contributed by atoms with van der Waals surface area (Å²) in [6.07, 6.45) is 0.432. The van der Waals surface area contributed by atoms with Crippen molar-refractivity contribution in [3.8, 4) is 0 Å². The Kier molecular flexibility index (Phi) is 5.98. The lowest BCUT2D eigenvalue weighted by Crippen LogP contribution is -2.45. The molecule has 1 heterocycles. The molecule has 0 aliphatic carbocycles. The highest BCUT2D eigenvalue weighted by atomic mass is 16.6. The molecule has 1 aromatic carbocycles. The molecular weight excluding hydrogens is 296 g/mol. The molecule has 1 atom stereocenters. The number of hydrogen-bond acceptors (Lipinski definition) is 4. The smallest absolute Gasteiger partial charge is 0.410 e. The Morgan fingerprint density at radius 3 is 2.65 bits per heavy atom. The van der Waals surface area contributed by atoms with Gasteiger partial charge in [-0.05, 0) is 25.8 Å². The molecule has 1 aliphatic rings. The van der Waals surface area contributed by atoms with Crippen LogP contribution in [0.5, 0.6) is 0 Å². The Morgan fingerprint density at radius 1 is 1.35 bits per heavy atom. The molecule has 126 valence electrons. The van der Waals surface area contributed by atoms with E-state index in [-0.39, 0.29) is 31.3 Å². The van der Waals surface area contributed by atoms with Crippen LogP contribution in [-0.2, 0) is 16.1 Å². The summed E-state index contributed by atoms with van der Waals surface area (Å²) in [6.45, 7) is 5.30. The van der Waals surface area contributed by atoms with Crippen molar-refractivity contribution < 1.29 is 19.4 Å². The first-order valence-corrected chi connectivity index (χ1v) is 7.90. The molecule has 0 bridgehead atoms. The Morgan fingerprint density at radius 2 is 2.04 bits per heavy atom. The summed E-state index contributed by atoms with van der Waals surface area (Å²) in [4.78, 5) is 26.7. The number of ether oxygens (including phenoxy) is 1. The molecule has 6 nitrogen and oxygen atoms in total. The number of carbonyl (C=O) groups is 2. The normalized spacial score (nSPS) is 17.7. The number of carboxylic acid groups (broad SMARTS) is 1. The Hall–Kier alpha value is -2.08. The topological polar surface area (TPSA) is 70.1 Å². The minimum Gasteiger partial charge on any atom is -0.480 e. The van der Waals surface area contributed by atoms with Crippen molar-refractivity contribution in [2.45, 2.75) is 39.0 Å². The van der Waals surface area contributed by atoms with Crippen LogP contribution in [-0.4, -0.2) is 58.7 Å². The lowest BCUT2D eigenvalue weighted by molar-refractivity contribution is -0.139. The molecule has 23 heavy (non-hydrogen) atoms. The highest BCUT2D eigenvalue weighted by molar-refractivity contribution is 5.69. The van der Waals surface area contributed by atoms with Gasteiger partial charge >= 0.3 is 12.1 Å². The maximum Gasteiger partial charge on any atom is 0.410 e. The Labute approximate surface area is 136 Å². The van der Waals surface area contributed by atoms with Crippen molar-refractivity contribution in [1.29, 1.82) is 0 Å². The fourth-order valence-electron chi connectivity index (χ4n) is 2.88. The monoisotopic (exact) mass is 320 g/mol. The fraction of sp³-hybridized carbons (Fsp3) is 0.529. The molecular formula is C17H24N2O4. The zero-order valence-corrected chi connectivity index (χ0v) is 13.6. The van der Waals surface area contributed by atoms with Gasteiger partial charge in [-0.2, -0.15) is 0 Å². The second-order valence-corrected chi connectivity index (χ2v) is 6.09. The van der Waals surface area contributed by atoms with Crippen LogP contribution in [0.15, 0.2) is 30.3 Å². The quantitative estimate of drug-likeness (QED) is 0.870. The standard InChI is InChI=1S/C17H24N2O4/c1-13(2)19(11-16(20)21)15-8-9-18(10-15)17(22)23-12-14-6-4-3-5-7-14/h3-7,13,15H,8-12H2,1-2H3,(H,20,21)/t15-/m1/s1. The summed E-state index contributed by atoms with van der Waals surface area (Å²) < 4.78 is 5.33. The zero-order valence-electron chi connectivity index (χ0n) is 13.6. The van der Waals surface area contributed by atoms with Gasteiger partial charge in [0.1, 0.15) is 6.61 Å². The highest BCUT2D eigenvalue weighted by Crippen LogP contribution is 2.19. The lowest BCUT2D eigenvalue weighted by Gasteiger charge is -2.30. The summed E-state index contributed by atoms with van der Waals surface area (Å²) in [5, 5.41) is 9.03. The molecule has 1 amide bonds. The Balaban J connectivity index is 1.85. The number of likely N-dealkylation sites (tertiary alicyclic amines) is 1. The number of amides is 1. The van der Waals surface area contributed by atoms with Gasteiger partial charge in [0.2, 0.25) is 0 Å². The van der Waals surface area contributed by atoms with E-state index < -0.39 is 5.97 Å². The van der Waals surface area contributed by atoms with Crippen LogP contribution in [0.4, 0.5) is 4.79 Å². The van der Waals surface area contributed by atoms with Crippen molar-refractivity contribution in [3.63, 3.8) is 0 Å². The van der Waals surface area contributed by atoms with Crippen LogP contribution in [0.1, 0.15) is 25.8 Å². The largest absolute Gasteiger partial charge is 0.480 e. The number of benzene rings is 1. The van der Waals surface area contributed by atoms with Crippen LogP contribution in [0.2, 0.25) is 0 Å². The van der Waals surface area contributed by atoms with Gasteiger partial charge in [-0.15, -0.1) is 0 Å². The van der Waals surface area contributed by atoms with Gasteiger partial charge in [0.25, 0.3) is 0 Å². The average molecular weight is 320 g/mol. The zero-order chi connectivity index (χ0) is 16.8. The van der Waals surface area contributed by atoms with E-state index in [1.807, 2.05) is 49.1 Å². The molecule has 0 unspecified atom stereocenters. The number of aliphatic carboxylic acids is 1. The third-order valence-corrected chi connectivity index (χ3v) is 4.08. The molecule has 0 saturated carbocycles. The maximum atomic E-state index is 12.1. The van der Waals surface area contributed by atoms with Crippen LogP contribution in [0.3, 0.4) is 0 Å². The summed E-state index contributed by atoms with van der Waals surface area (Å²) in [5.41, 5.74) is 0.950. The minimum absolute atomic E-state index is 0.00473. The van der Waals surface area contributed by atoms with Gasteiger partial charge < -0.3 is 14.7 Å². The molecule has 1 aromatic rings. The summed E-state index contributed by atoms with van der Waals surface area (Å²) in [6, 6.07) is 9.73. The van der Waals surface area contributed by atoms with E-state index in [4.69, 9.17) is 9.84 Å². The van der Waals surface area contributed by atoms with Gasteiger partial charge in [-0.3, -0.25) is 9.69 Å². The summed E-state index contributed by atoms with van der Waals surface area (Å²) in [7, 11) is 0. The first-order valence-electron chi connectivity index (χ1n) is 7.90. The lowest BCUT2D eigenvalue weighted by atomic mass is 10.2. The maximum absolute atomic E-state index is 12.1. The first kappa shape index (κ1) is 17.3. The number of rotatable bonds is 6. The van der Waals surface area contributed by atoms with Gasteiger partial charge in [0, 0.05) is 25.2 Å². The van der Waals surface area contributed by atoms with Crippen molar-refractivity contribution >= 4 is 12.1 Å². The molecule has 0 aromatic heterocycles. The van der Waals surface area contributed by atoms with Crippen LogP contribution in [0, 0.1) is 0 Å². The second kappa shape index (κ2) is 7.97. The van der Waals surface area contributed by atoms with E-state index in [0.29, 0.717) is 13.1 Å². The van der Waals surface area contributed by atoms with Gasteiger partial charge in [0.15, 0.2) is 0 Å². The van der Waals surface area contributed by atoms with E-state index in [2.05, 4.69) is 0 Å². The van der Waals surface area contributed by atoms with Gasteiger partial charge in [-0.1, -0.05) is 30.3 Å². The average Bonchev–Trinajstić information content (AvgIpc) is 3.00. The molecule has 0 spiro atoms. The fourth-order valence-corrected chi connectivity index (χ4v) is 2.88. The molecule has 2 rings (SSSR count). The van der Waals surface area contributed by atoms with E-state index >= 15 is 0 Å². The minimum atomic E-state index is -0.844. The third kappa shape index (κ3) is 4.96. The second-order valence-electron chi connectivity index (χ2n) is 6.09. The number of carbonyl (C=O) groups excluding carboxylic acids is 1. The van der Waals surface area contributed by atoms with E-state index in [1.54, 1.807) is 4.90 Å². The summed E-state index contributed by atoms with van der Waals surface area (Å²) >= 11 is 0. The first-order chi connectivity index (χ1) is 11.0. The molecule has 1 saturated heterocycles. The van der Waals surface area contributed by atoms with Gasteiger partial charge in [-0.25, -0.2) is 4.79 Å². The molecule has 1 N–H and O–H groups in total. The highest BCUT2D eigenvalue weighted by Gasteiger charge is 2.33. The van der Waals surface area contributed by atoms with Crippen LogP contribution >= 0.6 is 0 Å². The van der Waals surface area contributed by atoms with Crippen molar-refractivity contribution in [2.24, 2.45) is 0 Å². The van der Waals surface area contributed by atoms with Crippen molar-refractivity contribution in [1.82, 2.24) is 9.80 Å². The van der Waals surface area contributed by atoms with Crippen molar-refractivity contribution in [3.05, 3.63) is 35.9 Å². The van der Waals surface area contributed by atoms with E-state index in [9.17, 15) is 9.59 Å². The van der Waals surface area contributed by atoms with Gasteiger partial charge in [0.05, 0.1) is 6.54 Å². The summed E-state index contributed by atoms with van der Waals surface area (Å²) in [5.74, 6) is -0.844. The molecule has 0 radical (unpaired) electrons. The molecule has 1 aliphatic heterocycles. The van der Waals surface area contributed by atoms with Crippen LogP contribution in [0.25, 0.3) is 0 Å². The predicted molar refractivity (Wildman–Crippen MR) is 86.1 cm³/mol. The SMILES string of the molecule is CC(C)N(CC(=O)O)[C@@H]1CCN(C(=O)OCc2ccccc2)C1.